The highest BCUT2D eigenvalue weighted by Crippen LogP contribution is 2.11. The predicted molar refractivity (Wildman–Crippen MR) is 66.1 cm³/mol. The van der Waals surface area contributed by atoms with Gasteiger partial charge in [-0.25, -0.2) is 8.78 Å². The van der Waals surface area contributed by atoms with Gasteiger partial charge in [0.25, 0.3) is 0 Å². The predicted octanol–water partition coefficient (Wildman–Crippen LogP) is 2.05. The Kier molecular flexibility index (Phi) is 5.51. The molecule has 0 bridgehead atoms. The maximum absolute atomic E-state index is 13.0. The summed E-state index contributed by atoms with van der Waals surface area (Å²) < 4.78 is 25.8. The first-order valence-corrected chi connectivity index (χ1v) is 5.79. The fourth-order valence-corrected chi connectivity index (χ4v) is 1.71. The first-order chi connectivity index (χ1) is 8.02. The molecule has 0 spiro atoms. The smallest absolute Gasteiger partial charge is 0.159 e. The van der Waals surface area contributed by atoms with Gasteiger partial charge in [-0.2, -0.15) is 0 Å². The zero-order chi connectivity index (χ0) is 12.8. The summed E-state index contributed by atoms with van der Waals surface area (Å²) in [5.74, 6) is -1.56. The minimum absolute atomic E-state index is 0.280. The molecule has 0 saturated carbocycles. The normalized spacial score (nSPS) is 13.1. The summed E-state index contributed by atoms with van der Waals surface area (Å²) in [7, 11) is 5.93. The largest absolute Gasteiger partial charge is 0.317 e. The SMILES string of the molecule is CNC(CCN(C)C)Cc1ccc(F)c(F)c1. The zero-order valence-corrected chi connectivity index (χ0v) is 10.6. The number of hydrogen-bond acceptors (Lipinski definition) is 2. The van der Waals surface area contributed by atoms with Gasteiger partial charge >= 0.3 is 0 Å². The van der Waals surface area contributed by atoms with Crippen LogP contribution in [-0.4, -0.2) is 38.6 Å². The summed E-state index contributed by atoms with van der Waals surface area (Å²) in [5.41, 5.74) is 0.821. The van der Waals surface area contributed by atoms with Gasteiger partial charge < -0.3 is 10.2 Å². The van der Waals surface area contributed by atoms with E-state index in [1.807, 2.05) is 21.1 Å². The molecule has 1 rings (SSSR count). The number of benzene rings is 1. The number of hydrogen-bond donors (Lipinski definition) is 1. The van der Waals surface area contributed by atoms with E-state index in [4.69, 9.17) is 0 Å². The summed E-state index contributed by atoms with van der Waals surface area (Å²) in [6, 6.07) is 4.37. The molecule has 1 aromatic rings. The van der Waals surface area contributed by atoms with Crippen LogP contribution in [0.1, 0.15) is 12.0 Å². The van der Waals surface area contributed by atoms with Crippen LogP contribution in [0.25, 0.3) is 0 Å². The Bertz CT molecular complexity index is 353. The van der Waals surface area contributed by atoms with Crippen LogP contribution in [0.4, 0.5) is 8.78 Å². The minimum Gasteiger partial charge on any atom is -0.317 e. The second kappa shape index (κ2) is 6.67. The van der Waals surface area contributed by atoms with Gasteiger partial charge in [0.05, 0.1) is 0 Å². The molecule has 0 amide bonds. The van der Waals surface area contributed by atoms with Crippen molar-refractivity contribution in [3.05, 3.63) is 35.4 Å². The van der Waals surface area contributed by atoms with E-state index in [1.54, 1.807) is 6.07 Å². The second-order valence-corrected chi connectivity index (χ2v) is 4.53. The monoisotopic (exact) mass is 242 g/mol. The van der Waals surface area contributed by atoms with Crippen LogP contribution >= 0.6 is 0 Å². The van der Waals surface area contributed by atoms with E-state index in [0.29, 0.717) is 6.42 Å². The Labute approximate surface area is 102 Å². The van der Waals surface area contributed by atoms with E-state index in [9.17, 15) is 8.78 Å². The van der Waals surface area contributed by atoms with Gasteiger partial charge in [0.2, 0.25) is 0 Å². The summed E-state index contributed by atoms with van der Waals surface area (Å²) in [6.45, 7) is 0.967. The van der Waals surface area contributed by atoms with Crippen molar-refractivity contribution < 1.29 is 8.78 Å². The molecule has 0 fully saturated rings. The van der Waals surface area contributed by atoms with Crippen molar-refractivity contribution in [3.8, 4) is 0 Å². The van der Waals surface area contributed by atoms with Gasteiger partial charge in [0.15, 0.2) is 11.6 Å². The topological polar surface area (TPSA) is 15.3 Å². The van der Waals surface area contributed by atoms with Crippen molar-refractivity contribution in [2.75, 3.05) is 27.7 Å². The lowest BCUT2D eigenvalue weighted by Gasteiger charge is -2.18. The standard InChI is InChI=1S/C13H20F2N2/c1-16-11(6-7-17(2)3)8-10-4-5-12(14)13(15)9-10/h4-5,9,11,16H,6-8H2,1-3H3. The van der Waals surface area contributed by atoms with Gasteiger partial charge in [0.1, 0.15) is 0 Å². The van der Waals surface area contributed by atoms with Crippen molar-refractivity contribution in [2.24, 2.45) is 0 Å². The lowest BCUT2D eigenvalue weighted by molar-refractivity contribution is 0.364. The van der Waals surface area contributed by atoms with Crippen molar-refractivity contribution in [2.45, 2.75) is 18.9 Å². The van der Waals surface area contributed by atoms with Crippen LogP contribution in [0.3, 0.4) is 0 Å². The summed E-state index contributed by atoms with van der Waals surface area (Å²) in [5, 5.41) is 3.20. The van der Waals surface area contributed by atoms with Gasteiger partial charge in [0, 0.05) is 6.04 Å². The number of likely N-dealkylation sites (N-methyl/N-ethyl adjacent to an activating group) is 1. The van der Waals surface area contributed by atoms with Gasteiger partial charge in [-0.1, -0.05) is 6.07 Å². The molecular weight excluding hydrogens is 222 g/mol. The minimum atomic E-state index is -0.789. The van der Waals surface area contributed by atoms with E-state index in [1.165, 1.54) is 12.1 Å². The molecular formula is C13H20F2N2. The maximum Gasteiger partial charge on any atom is 0.159 e. The zero-order valence-electron chi connectivity index (χ0n) is 10.6. The summed E-state index contributed by atoms with van der Waals surface area (Å²) in [4.78, 5) is 2.11. The molecule has 0 aromatic heterocycles. The molecule has 2 nitrogen and oxygen atoms in total. The molecule has 0 radical (unpaired) electrons. The number of nitrogens with one attached hydrogen (secondary N) is 1. The molecule has 17 heavy (non-hydrogen) atoms. The van der Waals surface area contributed by atoms with Gasteiger partial charge in [-0.05, 0) is 58.2 Å². The fraction of sp³-hybridized carbons (Fsp3) is 0.538. The number of rotatable bonds is 6. The van der Waals surface area contributed by atoms with Crippen LogP contribution in [0.15, 0.2) is 18.2 Å². The molecule has 1 aromatic carbocycles. The van der Waals surface area contributed by atoms with E-state index in [2.05, 4.69) is 10.2 Å². The Morgan fingerprint density at radius 2 is 1.94 bits per heavy atom. The van der Waals surface area contributed by atoms with Crippen molar-refractivity contribution >= 4 is 0 Å². The molecule has 4 heteroatoms. The lowest BCUT2D eigenvalue weighted by atomic mass is 10.0. The molecule has 0 saturated heterocycles. The van der Waals surface area contributed by atoms with E-state index >= 15 is 0 Å². The van der Waals surface area contributed by atoms with Crippen molar-refractivity contribution in [3.63, 3.8) is 0 Å². The third kappa shape index (κ3) is 4.79. The average molecular weight is 242 g/mol. The second-order valence-electron chi connectivity index (χ2n) is 4.53. The highest BCUT2D eigenvalue weighted by atomic mass is 19.2. The summed E-state index contributed by atoms with van der Waals surface area (Å²) in [6.07, 6.45) is 1.68. The summed E-state index contributed by atoms with van der Waals surface area (Å²) >= 11 is 0. The highest BCUT2D eigenvalue weighted by molar-refractivity contribution is 5.18. The molecule has 0 aliphatic heterocycles. The lowest BCUT2D eigenvalue weighted by Crippen LogP contribution is -2.31. The highest BCUT2D eigenvalue weighted by Gasteiger charge is 2.09. The van der Waals surface area contributed by atoms with Gasteiger partial charge in [-0.15, -0.1) is 0 Å². The Hall–Kier alpha value is -1.00. The first kappa shape index (κ1) is 14.1. The number of halogens is 2. The van der Waals surface area contributed by atoms with Crippen LogP contribution in [0.2, 0.25) is 0 Å². The number of nitrogens with zero attached hydrogens (tertiary/aromatic N) is 1. The average Bonchev–Trinajstić information content (AvgIpc) is 2.28. The van der Waals surface area contributed by atoms with E-state index < -0.39 is 11.6 Å². The quantitative estimate of drug-likeness (QED) is 0.821. The Morgan fingerprint density at radius 1 is 1.24 bits per heavy atom. The fourth-order valence-electron chi connectivity index (χ4n) is 1.71. The Balaban J connectivity index is 2.57. The molecule has 96 valence electrons. The van der Waals surface area contributed by atoms with E-state index in [-0.39, 0.29) is 6.04 Å². The first-order valence-electron chi connectivity index (χ1n) is 5.79. The molecule has 0 aliphatic rings. The Morgan fingerprint density at radius 3 is 2.47 bits per heavy atom. The molecule has 1 atom stereocenters. The maximum atomic E-state index is 13.0. The van der Waals surface area contributed by atoms with Gasteiger partial charge in [-0.3, -0.25) is 0 Å². The van der Waals surface area contributed by atoms with E-state index in [0.717, 1.165) is 18.5 Å². The third-order valence-corrected chi connectivity index (χ3v) is 2.80. The third-order valence-electron chi connectivity index (χ3n) is 2.80. The molecule has 0 aliphatic carbocycles. The molecule has 1 N–H and O–H groups in total. The van der Waals surface area contributed by atoms with Crippen LogP contribution in [0, 0.1) is 11.6 Å². The van der Waals surface area contributed by atoms with Crippen LogP contribution < -0.4 is 5.32 Å². The van der Waals surface area contributed by atoms with Crippen LogP contribution in [-0.2, 0) is 6.42 Å². The molecule has 1 unspecified atom stereocenters. The van der Waals surface area contributed by atoms with Crippen molar-refractivity contribution in [1.82, 2.24) is 10.2 Å². The van der Waals surface area contributed by atoms with Crippen molar-refractivity contribution in [1.29, 1.82) is 0 Å². The van der Waals surface area contributed by atoms with Crippen LogP contribution in [0.5, 0.6) is 0 Å². The molecule has 0 heterocycles.